The van der Waals surface area contributed by atoms with Crippen LogP contribution < -0.4 is 15.6 Å². The van der Waals surface area contributed by atoms with E-state index in [2.05, 4.69) is 16.4 Å². The van der Waals surface area contributed by atoms with Crippen LogP contribution in [0.1, 0.15) is 28.7 Å². The number of aromatic amines is 1. The van der Waals surface area contributed by atoms with Crippen molar-refractivity contribution < 1.29 is 9.53 Å². The maximum atomic E-state index is 12.3. The Balaban J connectivity index is 1.65. The normalized spacial score (nSPS) is 10.8. The molecular formula is C22H24N2O3. The molecule has 1 aromatic heterocycles. The van der Waals surface area contributed by atoms with E-state index >= 15 is 0 Å². The first kappa shape index (κ1) is 18.7. The second-order valence-corrected chi connectivity index (χ2v) is 6.74. The Kier molecular flexibility index (Phi) is 5.60. The number of para-hydroxylation sites is 1. The third-order valence-electron chi connectivity index (χ3n) is 4.83. The molecule has 27 heavy (non-hydrogen) atoms. The highest BCUT2D eigenvalue weighted by Gasteiger charge is 2.09. The molecule has 140 valence electrons. The number of rotatable bonds is 6. The molecule has 0 aliphatic heterocycles. The minimum atomic E-state index is -0.136. The monoisotopic (exact) mass is 364 g/mol. The molecule has 1 heterocycles. The van der Waals surface area contributed by atoms with Gasteiger partial charge in [-0.25, -0.2) is 0 Å². The SMILES string of the molecule is COc1ccccc1CNC(=O)CCc1cc2cc(C)c(C)cc2[nH]c1=O. The van der Waals surface area contributed by atoms with Crippen molar-refractivity contribution in [3.8, 4) is 5.75 Å². The summed E-state index contributed by atoms with van der Waals surface area (Å²) in [6.07, 6.45) is 0.657. The summed E-state index contributed by atoms with van der Waals surface area (Å²) in [4.78, 5) is 27.4. The average molecular weight is 364 g/mol. The van der Waals surface area contributed by atoms with Crippen LogP contribution in [0.3, 0.4) is 0 Å². The lowest BCUT2D eigenvalue weighted by atomic mass is 10.0. The van der Waals surface area contributed by atoms with Gasteiger partial charge in [0.25, 0.3) is 5.56 Å². The number of H-pyrrole nitrogens is 1. The van der Waals surface area contributed by atoms with Crippen LogP contribution in [-0.4, -0.2) is 18.0 Å². The van der Waals surface area contributed by atoms with Crippen LogP contribution in [0.25, 0.3) is 10.9 Å². The van der Waals surface area contributed by atoms with E-state index < -0.39 is 0 Å². The van der Waals surface area contributed by atoms with E-state index in [1.54, 1.807) is 7.11 Å². The van der Waals surface area contributed by atoms with E-state index in [4.69, 9.17) is 4.74 Å². The van der Waals surface area contributed by atoms with E-state index in [0.717, 1.165) is 27.8 Å². The molecule has 3 aromatic rings. The van der Waals surface area contributed by atoms with Gasteiger partial charge in [0, 0.05) is 29.6 Å². The fourth-order valence-corrected chi connectivity index (χ4v) is 3.09. The summed E-state index contributed by atoms with van der Waals surface area (Å²) in [5, 5.41) is 3.87. The number of aryl methyl sites for hydroxylation is 3. The van der Waals surface area contributed by atoms with E-state index in [1.807, 2.05) is 50.2 Å². The van der Waals surface area contributed by atoms with Crippen LogP contribution in [-0.2, 0) is 17.8 Å². The molecular weight excluding hydrogens is 340 g/mol. The maximum Gasteiger partial charge on any atom is 0.251 e. The van der Waals surface area contributed by atoms with Crippen molar-refractivity contribution in [2.24, 2.45) is 0 Å². The summed E-state index contributed by atoms with van der Waals surface area (Å²) >= 11 is 0. The number of carbonyl (C=O) groups excluding carboxylic acids is 1. The van der Waals surface area contributed by atoms with Crippen molar-refractivity contribution in [3.05, 3.63) is 75.1 Å². The first-order valence-corrected chi connectivity index (χ1v) is 8.99. The predicted molar refractivity (Wildman–Crippen MR) is 107 cm³/mol. The van der Waals surface area contributed by atoms with E-state index in [0.29, 0.717) is 18.5 Å². The average Bonchev–Trinajstić information content (AvgIpc) is 2.66. The molecule has 2 aromatic carbocycles. The van der Waals surface area contributed by atoms with Crippen molar-refractivity contribution in [2.45, 2.75) is 33.2 Å². The van der Waals surface area contributed by atoms with Gasteiger partial charge in [0.2, 0.25) is 5.91 Å². The van der Waals surface area contributed by atoms with Gasteiger partial charge in [-0.15, -0.1) is 0 Å². The fraction of sp³-hybridized carbons (Fsp3) is 0.273. The largest absolute Gasteiger partial charge is 0.496 e. The number of aromatic nitrogens is 1. The van der Waals surface area contributed by atoms with Gasteiger partial charge >= 0.3 is 0 Å². The number of benzene rings is 2. The van der Waals surface area contributed by atoms with Crippen molar-refractivity contribution >= 4 is 16.8 Å². The summed E-state index contributed by atoms with van der Waals surface area (Å²) < 4.78 is 5.28. The zero-order valence-corrected chi connectivity index (χ0v) is 15.9. The number of ether oxygens (including phenoxy) is 1. The Bertz CT molecular complexity index is 1040. The number of hydrogen-bond acceptors (Lipinski definition) is 3. The molecule has 3 rings (SSSR count). The first-order valence-electron chi connectivity index (χ1n) is 8.99. The molecule has 0 atom stereocenters. The van der Waals surface area contributed by atoms with Gasteiger partial charge in [-0.1, -0.05) is 18.2 Å². The van der Waals surface area contributed by atoms with Gasteiger partial charge < -0.3 is 15.0 Å². The molecule has 5 nitrogen and oxygen atoms in total. The van der Waals surface area contributed by atoms with Gasteiger partial charge in [-0.3, -0.25) is 9.59 Å². The molecule has 5 heteroatoms. The zero-order chi connectivity index (χ0) is 19.4. The number of carbonyl (C=O) groups is 1. The Morgan fingerprint density at radius 1 is 1.07 bits per heavy atom. The fourth-order valence-electron chi connectivity index (χ4n) is 3.09. The summed E-state index contributed by atoms with van der Waals surface area (Å²) in [7, 11) is 1.61. The second-order valence-electron chi connectivity index (χ2n) is 6.74. The smallest absolute Gasteiger partial charge is 0.251 e. The molecule has 0 spiro atoms. The summed E-state index contributed by atoms with van der Waals surface area (Å²) in [5.41, 5.74) is 4.55. The van der Waals surface area contributed by atoms with Crippen molar-refractivity contribution in [3.63, 3.8) is 0 Å². The third-order valence-corrected chi connectivity index (χ3v) is 4.83. The molecule has 0 aliphatic rings. The van der Waals surface area contributed by atoms with Crippen LogP contribution in [0.5, 0.6) is 5.75 Å². The van der Waals surface area contributed by atoms with Crippen molar-refractivity contribution in [1.29, 1.82) is 0 Å². The molecule has 2 N–H and O–H groups in total. The van der Waals surface area contributed by atoms with E-state index in [-0.39, 0.29) is 17.9 Å². The standard InChI is InChI=1S/C22H24N2O3/c1-14-10-18-12-16(22(26)24-19(18)11-15(14)2)8-9-21(25)23-13-17-6-4-5-7-20(17)27-3/h4-7,10-12H,8-9,13H2,1-3H3,(H,23,25)(H,24,26). The minimum absolute atomic E-state index is 0.0968. The second kappa shape index (κ2) is 8.08. The Morgan fingerprint density at radius 3 is 2.59 bits per heavy atom. The number of methoxy groups -OCH3 is 1. The third kappa shape index (κ3) is 4.37. The van der Waals surface area contributed by atoms with Crippen LogP contribution in [0.15, 0.2) is 47.3 Å². The zero-order valence-electron chi connectivity index (χ0n) is 15.9. The number of hydrogen-bond donors (Lipinski definition) is 2. The highest BCUT2D eigenvalue weighted by molar-refractivity contribution is 5.81. The first-order chi connectivity index (χ1) is 13.0. The lowest BCUT2D eigenvalue weighted by Gasteiger charge is -2.10. The van der Waals surface area contributed by atoms with Crippen molar-refractivity contribution in [1.82, 2.24) is 10.3 Å². The summed E-state index contributed by atoms with van der Waals surface area (Å²) in [6.45, 7) is 4.47. The molecule has 0 fully saturated rings. The van der Waals surface area contributed by atoms with Gasteiger partial charge in [0.15, 0.2) is 0 Å². The molecule has 0 aliphatic carbocycles. The topological polar surface area (TPSA) is 71.2 Å². The van der Waals surface area contributed by atoms with E-state index in [1.165, 1.54) is 5.56 Å². The van der Waals surface area contributed by atoms with Gasteiger partial charge in [-0.05, 0) is 61.0 Å². The van der Waals surface area contributed by atoms with Crippen LogP contribution in [0, 0.1) is 13.8 Å². The lowest BCUT2D eigenvalue weighted by molar-refractivity contribution is -0.121. The van der Waals surface area contributed by atoms with Gasteiger partial charge in [-0.2, -0.15) is 0 Å². The maximum absolute atomic E-state index is 12.3. The number of fused-ring (bicyclic) bond motifs is 1. The number of pyridine rings is 1. The van der Waals surface area contributed by atoms with Crippen LogP contribution in [0.4, 0.5) is 0 Å². The predicted octanol–water partition coefficient (Wildman–Crippen LogP) is 3.40. The molecule has 0 saturated heterocycles. The Labute approximate surface area is 158 Å². The minimum Gasteiger partial charge on any atom is -0.496 e. The quantitative estimate of drug-likeness (QED) is 0.704. The molecule has 0 saturated carbocycles. The summed E-state index contributed by atoms with van der Waals surface area (Å²) in [5.74, 6) is 0.648. The lowest BCUT2D eigenvalue weighted by Crippen LogP contribution is -2.24. The molecule has 0 bridgehead atoms. The summed E-state index contributed by atoms with van der Waals surface area (Å²) in [6, 6.07) is 13.5. The Hall–Kier alpha value is -3.08. The molecule has 1 amide bonds. The van der Waals surface area contributed by atoms with Crippen LogP contribution in [0.2, 0.25) is 0 Å². The highest BCUT2D eigenvalue weighted by Crippen LogP contribution is 2.18. The number of amides is 1. The molecule has 0 unspecified atom stereocenters. The Morgan fingerprint density at radius 2 is 1.81 bits per heavy atom. The van der Waals surface area contributed by atoms with Crippen molar-refractivity contribution in [2.75, 3.05) is 7.11 Å². The highest BCUT2D eigenvalue weighted by atomic mass is 16.5. The van der Waals surface area contributed by atoms with Gasteiger partial charge in [0.05, 0.1) is 7.11 Å². The molecule has 0 radical (unpaired) electrons. The van der Waals surface area contributed by atoms with Crippen LogP contribution >= 0.6 is 0 Å². The number of nitrogens with one attached hydrogen (secondary N) is 2. The van der Waals surface area contributed by atoms with E-state index in [9.17, 15) is 9.59 Å². The van der Waals surface area contributed by atoms with Gasteiger partial charge in [0.1, 0.15) is 5.75 Å².